The molecule has 0 aliphatic rings. The third-order valence-electron chi connectivity index (χ3n) is 4.55. The molecule has 0 saturated heterocycles. The molecule has 0 aromatic carbocycles. The van der Waals surface area contributed by atoms with Crippen LogP contribution >= 0.6 is 0 Å². The summed E-state index contributed by atoms with van der Waals surface area (Å²) in [6.07, 6.45) is 4.31. The first-order chi connectivity index (χ1) is 14.7. The molecule has 3 rings (SSSR count). The van der Waals surface area contributed by atoms with Crippen molar-refractivity contribution < 1.29 is 9.47 Å². The number of hydrogen-bond donors (Lipinski definition) is 2. The number of rotatable bonds is 11. The molecule has 0 unspecified atom stereocenters. The first-order valence-corrected chi connectivity index (χ1v) is 10.0. The fraction of sp³-hybridized carbons (Fsp3) is 0.429. The van der Waals surface area contributed by atoms with Crippen LogP contribution in [-0.2, 0) is 11.3 Å². The van der Waals surface area contributed by atoms with Crippen molar-refractivity contribution in [3.63, 3.8) is 0 Å². The molecule has 0 radical (unpaired) electrons. The van der Waals surface area contributed by atoms with Gasteiger partial charge in [-0.3, -0.25) is 9.78 Å². The molecular weight excluding hydrogens is 384 g/mol. The second-order valence-corrected chi connectivity index (χ2v) is 6.71. The summed E-state index contributed by atoms with van der Waals surface area (Å²) in [5.41, 5.74) is 2.71. The van der Waals surface area contributed by atoms with Gasteiger partial charge in [0.25, 0.3) is 5.56 Å². The van der Waals surface area contributed by atoms with Crippen LogP contribution < -0.4 is 20.9 Å². The van der Waals surface area contributed by atoms with Gasteiger partial charge in [0.2, 0.25) is 5.88 Å². The predicted octanol–water partition coefficient (Wildman–Crippen LogP) is 1.92. The van der Waals surface area contributed by atoms with Crippen molar-refractivity contribution in [3.8, 4) is 17.1 Å². The topological polar surface area (TPSA) is 103 Å². The summed E-state index contributed by atoms with van der Waals surface area (Å²) in [4.78, 5) is 26.3. The summed E-state index contributed by atoms with van der Waals surface area (Å²) in [7, 11) is 3.43. The first kappa shape index (κ1) is 21.7. The highest BCUT2D eigenvalue weighted by Crippen LogP contribution is 2.22. The average molecular weight is 412 g/mol. The SMILES string of the molecule is CCCOCCn1c(=O)c(NCCNC)nc2cnc(-c3ccc(OC)nc3)cc21. The van der Waals surface area contributed by atoms with Gasteiger partial charge >= 0.3 is 0 Å². The van der Waals surface area contributed by atoms with Crippen molar-refractivity contribution >= 4 is 16.9 Å². The van der Waals surface area contributed by atoms with E-state index in [1.165, 1.54) is 0 Å². The summed E-state index contributed by atoms with van der Waals surface area (Å²) < 4.78 is 12.4. The van der Waals surface area contributed by atoms with E-state index in [4.69, 9.17) is 9.47 Å². The summed E-state index contributed by atoms with van der Waals surface area (Å²) in [6, 6.07) is 5.53. The van der Waals surface area contributed by atoms with E-state index in [9.17, 15) is 4.79 Å². The molecule has 30 heavy (non-hydrogen) atoms. The Kier molecular flexibility index (Phi) is 7.69. The van der Waals surface area contributed by atoms with Gasteiger partial charge in [-0.1, -0.05) is 6.92 Å². The zero-order valence-corrected chi connectivity index (χ0v) is 17.6. The Balaban J connectivity index is 2.01. The van der Waals surface area contributed by atoms with Crippen LogP contribution in [-0.4, -0.2) is 60.0 Å². The number of methoxy groups -OCH3 is 1. The number of nitrogens with zero attached hydrogens (tertiary/aromatic N) is 4. The van der Waals surface area contributed by atoms with Crippen LogP contribution in [0, 0.1) is 0 Å². The minimum absolute atomic E-state index is 0.177. The van der Waals surface area contributed by atoms with E-state index in [1.807, 2.05) is 19.2 Å². The lowest BCUT2D eigenvalue weighted by Crippen LogP contribution is -2.29. The van der Waals surface area contributed by atoms with Crippen molar-refractivity contribution in [2.45, 2.75) is 19.9 Å². The third kappa shape index (κ3) is 5.11. The van der Waals surface area contributed by atoms with Crippen molar-refractivity contribution in [1.82, 2.24) is 24.8 Å². The number of nitrogens with one attached hydrogen (secondary N) is 2. The highest BCUT2D eigenvalue weighted by molar-refractivity contribution is 5.80. The molecule has 0 aliphatic heterocycles. The fourth-order valence-electron chi connectivity index (χ4n) is 3.00. The van der Waals surface area contributed by atoms with Gasteiger partial charge in [-0.2, -0.15) is 0 Å². The maximum absolute atomic E-state index is 13.1. The van der Waals surface area contributed by atoms with Gasteiger partial charge in [-0.05, 0) is 25.6 Å². The van der Waals surface area contributed by atoms with Gasteiger partial charge in [0, 0.05) is 44.1 Å². The maximum atomic E-state index is 13.1. The second-order valence-electron chi connectivity index (χ2n) is 6.71. The Morgan fingerprint density at radius 2 is 2.00 bits per heavy atom. The minimum Gasteiger partial charge on any atom is -0.481 e. The normalized spacial score (nSPS) is 11.0. The van der Waals surface area contributed by atoms with E-state index in [0.717, 1.165) is 18.5 Å². The van der Waals surface area contributed by atoms with Crippen LogP contribution in [0.2, 0.25) is 0 Å². The lowest BCUT2D eigenvalue weighted by atomic mass is 10.2. The summed E-state index contributed by atoms with van der Waals surface area (Å²) >= 11 is 0. The lowest BCUT2D eigenvalue weighted by Gasteiger charge is -2.14. The zero-order valence-electron chi connectivity index (χ0n) is 17.6. The molecule has 0 amide bonds. The number of pyridine rings is 2. The molecule has 160 valence electrons. The molecule has 0 saturated carbocycles. The summed E-state index contributed by atoms with van der Waals surface area (Å²) in [5, 5.41) is 6.15. The number of hydrogen-bond acceptors (Lipinski definition) is 8. The van der Waals surface area contributed by atoms with Gasteiger partial charge in [0.15, 0.2) is 5.82 Å². The van der Waals surface area contributed by atoms with Crippen molar-refractivity contribution in [2.75, 3.05) is 45.8 Å². The number of likely N-dealkylation sites (N-methyl/N-ethyl adjacent to an activating group) is 1. The highest BCUT2D eigenvalue weighted by Gasteiger charge is 2.13. The lowest BCUT2D eigenvalue weighted by molar-refractivity contribution is 0.127. The van der Waals surface area contributed by atoms with Gasteiger partial charge in [-0.25, -0.2) is 9.97 Å². The quantitative estimate of drug-likeness (QED) is 0.461. The van der Waals surface area contributed by atoms with Gasteiger partial charge in [0.05, 0.1) is 31.1 Å². The van der Waals surface area contributed by atoms with E-state index in [1.54, 1.807) is 30.1 Å². The van der Waals surface area contributed by atoms with E-state index in [0.29, 0.717) is 54.7 Å². The summed E-state index contributed by atoms with van der Waals surface area (Å²) in [6.45, 7) is 4.92. The number of anilines is 1. The van der Waals surface area contributed by atoms with Crippen LogP contribution in [0.5, 0.6) is 5.88 Å². The Hall–Kier alpha value is -3.04. The first-order valence-electron chi connectivity index (χ1n) is 10.0. The Morgan fingerprint density at radius 1 is 1.13 bits per heavy atom. The smallest absolute Gasteiger partial charge is 0.293 e. The van der Waals surface area contributed by atoms with E-state index in [2.05, 4.69) is 32.5 Å². The minimum atomic E-state index is -0.177. The molecule has 0 spiro atoms. The molecule has 3 aromatic heterocycles. The van der Waals surface area contributed by atoms with E-state index in [-0.39, 0.29) is 5.56 Å². The van der Waals surface area contributed by atoms with Gasteiger partial charge in [0.1, 0.15) is 5.52 Å². The predicted molar refractivity (Wildman–Crippen MR) is 117 cm³/mol. The number of ether oxygens (including phenoxy) is 2. The molecule has 0 bridgehead atoms. The molecule has 3 aromatic rings. The zero-order chi connectivity index (χ0) is 21.3. The molecule has 9 nitrogen and oxygen atoms in total. The average Bonchev–Trinajstić information content (AvgIpc) is 2.78. The third-order valence-corrected chi connectivity index (χ3v) is 4.55. The molecule has 3 heterocycles. The van der Waals surface area contributed by atoms with Crippen molar-refractivity contribution in [2.24, 2.45) is 0 Å². The van der Waals surface area contributed by atoms with Crippen LogP contribution in [0.3, 0.4) is 0 Å². The van der Waals surface area contributed by atoms with Gasteiger partial charge < -0.3 is 24.7 Å². The molecule has 2 N–H and O–H groups in total. The Bertz CT molecular complexity index is 1020. The molecule has 0 atom stereocenters. The Labute approximate surface area is 175 Å². The molecule has 0 fully saturated rings. The summed E-state index contributed by atoms with van der Waals surface area (Å²) in [5.74, 6) is 0.845. The number of fused-ring (bicyclic) bond motifs is 1. The second kappa shape index (κ2) is 10.7. The highest BCUT2D eigenvalue weighted by atomic mass is 16.5. The molecule has 0 aliphatic carbocycles. The van der Waals surface area contributed by atoms with E-state index >= 15 is 0 Å². The van der Waals surface area contributed by atoms with Crippen LogP contribution in [0.15, 0.2) is 35.4 Å². The maximum Gasteiger partial charge on any atom is 0.293 e. The van der Waals surface area contributed by atoms with E-state index < -0.39 is 0 Å². The van der Waals surface area contributed by atoms with Crippen LogP contribution in [0.25, 0.3) is 22.3 Å². The van der Waals surface area contributed by atoms with Gasteiger partial charge in [-0.15, -0.1) is 0 Å². The van der Waals surface area contributed by atoms with Crippen LogP contribution in [0.1, 0.15) is 13.3 Å². The van der Waals surface area contributed by atoms with Crippen molar-refractivity contribution in [3.05, 3.63) is 40.9 Å². The van der Waals surface area contributed by atoms with Crippen LogP contribution in [0.4, 0.5) is 5.82 Å². The Morgan fingerprint density at radius 3 is 2.70 bits per heavy atom. The monoisotopic (exact) mass is 412 g/mol. The molecular formula is C21H28N6O3. The van der Waals surface area contributed by atoms with Crippen molar-refractivity contribution in [1.29, 1.82) is 0 Å². The largest absolute Gasteiger partial charge is 0.481 e. The number of aromatic nitrogens is 4. The fourth-order valence-corrected chi connectivity index (χ4v) is 3.00. The molecule has 9 heteroatoms. The standard InChI is InChI=1S/C21H28N6O3/c1-4-10-30-11-9-27-18-12-16(15-5-6-19(29-3)25-13-15)24-14-17(18)26-20(21(27)28)23-8-7-22-2/h5-6,12-14,22H,4,7-11H2,1-3H3,(H,23,26).